The fraction of sp³-hybridized carbons (Fsp3) is 0.700. The number of rotatable bonds is 5. The van der Waals surface area contributed by atoms with Gasteiger partial charge in [0, 0.05) is 0 Å². The van der Waals surface area contributed by atoms with Crippen molar-refractivity contribution >= 4 is 11.9 Å². The third-order valence-electron chi connectivity index (χ3n) is 2.36. The van der Waals surface area contributed by atoms with Gasteiger partial charge in [0.1, 0.15) is 0 Å². The van der Waals surface area contributed by atoms with Gasteiger partial charge in [-0.3, -0.25) is 9.59 Å². The average Bonchev–Trinajstić information content (AvgIpc) is 2.23. The second-order valence-corrected chi connectivity index (χ2v) is 3.02. The Bertz CT molecular complexity index is 194. The van der Waals surface area contributed by atoms with E-state index in [9.17, 15) is 9.59 Å². The minimum atomic E-state index is -1.18. The number of methoxy groups -OCH3 is 2. The molecular weight excluding hydrogens is 184 g/mol. The van der Waals surface area contributed by atoms with Crippen molar-refractivity contribution in [1.29, 1.82) is 0 Å². The van der Waals surface area contributed by atoms with Crippen LogP contribution in [0.2, 0.25) is 0 Å². The molecule has 0 aliphatic carbocycles. The van der Waals surface area contributed by atoms with Crippen LogP contribution in [0.15, 0.2) is 0 Å². The van der Waals surface area contributed by atoms with E-state index in [1.807, 2.05) is 0 Å². The molecule has 1 radical (unpaired) electrons. The molecule has 0 saturated carbocycles. The molecule has 0 saturated heterocycles. The highest BCUT2D eigenvalue weighted by molar-refractivity contribution is 5.99. The second-order valence-electron chi connectivity index (χ2n) is 3.02. The van der Waals surface area contributed by atoms with Crippen molar-refractivity contribution in [3.8, 4) is 0 Å². The molecule has 0 aromatic carbocycles. The Labute approximate surface area is 84.6 Å². The molecule has 0 aromatic rings. The first kappa shape index (κ1) is 12.9. The molecular formula is C10H17O4. The fourth-order valence-electron chi connectivity index (χ4n) is 1.45. The fourth-order valence-corrected chi connectivity index (χ4v) is 1.45. The molecule has 0 atom stereocenters. The summed E-state index contributed by atoms with van der Waals surface area (Å²) in [6.07, 6.45) is 1.20. The highest BCUT2D eigenvalue weighted by Gasteiger charge is 2.45. The third kappa shape index (κ3) is 2.25. The average molecular weight is 201 g/mol. The Morgan fingerprint density at radius 1 is 1.21 bits per heavy atom. The zero-order chi connectivity index (χ0) is 11.2. The summed E-state index contributed by atoms with van der Waals surface area (Å²) in [5.41, 5.74) is -1.18. The molecule has 0 aliphatic rings. The molecule has 81 valence electrons. The maximum absolute atomic E-state index is 11.5. The summed E-state index contributed by atoms with van der Waals surface area (Å²) in [7, 11) is 2.53. The van der Waals surface area contributed by atoms with Gasteiger partial charge in [0.05, 0.1) is 14.2 Å². The molecule has 0 heterocycles. The number of ether oxygens (including phenoxy) is 2. The maximum Gasteiger partial charge on any atom is 0.323 e. The van der Waals surface area contributed by atoms with E-state index in [1.54, 1.807) is 6.92 Å². The molecule has 4 heteroatoms. The third-order valence-corrected chi connectivity index (χ3v) is 2.36. The van der Waals surface area contributed by atoms with E-state index in [0.29, 0.717) is 19.3 Å². The summed E-state index contributed by atoms with van der Waals surface area (Å²) in [5, 5.41) is 0. The monoisotopic (exact) mass is 201 g/mol. The molecule has 0 bridgehead atoms. The first-order valence-corrected chi connectivity index (χ1v) is 4.55. The van der Waals surface area contributed by atoms with Crippen LogP contribution in [0.3, 0.4) is 0 Å². The van der Waals surface area contributed by atoms with E-state index in [1.165, 1.54) is 14.2 Å². The SMILES string of the molecule is [CH2]CCC(CC)(C(=O)OC)C(=O)OC. The molecule has 0 aromatic heterocycles. The van der Waals surface area contributed by atoms with E-state index < -0.39 is 17.4 Å². The van der Waals surface area contributed by atoms with Crippen molar-refractivity contribution in [3.05, 3.63) is 6.92 Å². The Balaban J connectivity index is 4.96. The minimum Gasteiger partial charge on any atom is -0.468 e. The lowest BCUT2D eigenvalue weighted by Crippen LogP contribution is -2.40. The van der Waals surface area contributed by atoms with Crippen LogP contribution in [0.1, 0.15) is 26.2 Å². The molecule has 0 spiro atoms. The van der Waals surface area contributed by atoms with E-state index in [2.05, 4.69) is 16.4 Å². The van der Waals surface area contributed by atoms with Crippen molar-refractivity contribution in [2.45, 2.75) is 26.2 Å². The summed E-state index contributed by atoms with van der Waals surface area (Å²) in [6.45, 7) is 5.39. The van der Waals surface area contributed by atoms with Gasteiger partial charge in [-0.2, -0.15) is 0 Å². The molecule has 14 heavy (non-hydrogen) atoms. The van der Waals surface area contributed by atoms with Crippen LogP contribution in [0.5, 0.6) is 0 Å². The Kier molecular flexibility index (Phi) is 5.20. The van der Waals surface area contributed by atoms with Gasteiger partial charge >= 0.3 is 11.9 Å². The molecule has 0 rings (SSSR count). The highest BCUT2D eigenvalue weighted by atomic mass is 16.5. The van der Waals surface area contributed by atoms with Crippen molar-refractivity contribution in [2.24, 2.45) is 5.41 Å². The van der Waals surface area contributed by atoms with Gasteiger partial charge in [-0.05, 0) is 12.8 Å². The lowest BCUT2D eigenvalue weighted by atomic mass is 9.81. The standard InChI is InChI=1S/C10H17O4/c1-5-7-10(6-2,8(11)13-3)9(12)14-4/h1,5-7H2,2-4H3. The summed E-state index contributed by atoms with van der Waals surface area (Å²) in [5.74, 6) is -1.09. The largest absolute Gasteiger partial charge is 0.468 e. The zero-order valence-electron chi connectivity index (χ0n) is 8.96. The predicted octanol–water partition coefficient (Wildman–Crippen LogP) is 1.34. The van der Waals surface area contributed by atoms with E-state index in [-0.39, 0.29) is 0 Å². The van der Waals surface area contributed by atoms with Crippen LogP contribution in [-0.4, -0.2) is 26.2 Å². The number of carbonyl (C=O) groups is 2. The van der Waals surface area contributed by atoms with Crippen LogP contribution in [0, 0.1) is 12.3 Å². The zero-order valence-corrected chi connectivity index (χ0v) is 8.96. The van der Waals surface area contributed by atoms with E-state index in [4.69, 9.17) is 0 Å². The molecule has 4 nitrogen and oxygen atoms in total. The Hall–Kier alpha value is -1.06. The van der Waals surface area contributed by atoms with Crippen LogP contribution in [-0.2, 0) is 19.1 Å². The van der Waals surface area contributed by atoms with Crippen molar-refractivity contribution in [1.82, 2.24) is 0 Å². The highest BCUT2D eigenvalue weighted by Crippen LogP contribution is 2.31. The van der Waals surface area contributed by atoms with Crippen LogP contribution in [0.25, 0.3) is 0 Å². The number of hydrogen-bond acceptors (Lipinski definition) is 4. The lowest BCUT2D eigenvalue weighted by Gasteiger charge is -2.26. The Morgan fingerprint density at radius 2 is 1.64 bits per heavy atom. The first-order chi connectivity index (χ1) is 6.58. The topological polar surface area (TPSA) is 52.6 Å². The van der Waals surface area contributed by atoms with Crippen LogP contribution in [0.4, 0.5) is 0 Å². The van der Waals surface area contributed by atoms with Gasteiger partial charge in [-0.25, -0.2) is 0 Å². The maximum atomic E-state index is 11.5. The number of esters is 2. The first-order valence-electron chi connectivity index (χ1n) is 4.55. The van der Waals surface area contributed by atoms with Crippen molar-refractivity contribution in [2.75, 3.05) is 14.2 Å². The Morgan fingerprint density at radius 3 is 1.86 bits per heavy atom. The number of carbonyl (C=O) groups excluding carboxylic acids is 2. The molecule has 0 N–H and O–H groups in total. The predicted molar refractivity (Wildman–Crippen MR) is 51.3 cm³/mol. The molecule has 0 aliphatic heterocycles. The van der Waals surface area contributed by atoms with Crippen molar-refractivity contribution < 1.29 is 19.1 Å². The lowest BCUT2D eigenvalue weighted by molar-refractivity contribution is -0.170. The summed E-state index contributed by atoms with van der Waals surface area (Å²) >= 11 is 0. The van der Waals surface area contributed by atoms with E-state index in [0.717, 1.165) is 0 Å². The van der Waals surface area contributed by atoms with Gasteiger partial charge in [0.2, 0.25) is 0 Å². The molecule has 0 amide bonds. The molecule has 0 unspecified atom stereocenters. The summed E-state index contributed by atoms with van der Waals surface area (Å²) in [6, 6.07) is 0. The molecule has 0 fully saturated rings. The summed E-state index contributed by atoms with van der Waals surface area (Å²) in [4.78, 5) is 23.0. The minimum absolute atomic E-state index is 0.350. The van der Waals surface area contributed by atoms with Gasteiger partial charge in [-0.1, -0.05) is 20.3 Å². The van der Waals surface area contributed by atoms with Gasteiger partial charge in [0.15, 0.2) is 5.41 Å². The quantitative estimate of drug-likeness (QED) is 0.497. The van der Waals surface area contributed by atoms with Crippen LogP contribution < -0.4 is 0 Å². The normalized spacial score (nSPS) is 10.9. The van der Waals surface area contributed by atoms with Gasteiger partial charge < -0.3 is 9.47 Å². The van der Waals surface area contributed by atoms with Gasteiger partial charge in [0.25, 0.3) is 0 Å². The number of hydrogen-bond donors (Lipinski definition) is 0. The second kappa shape index (κ2) is 5.62. The smallest absolute Gasteiger partial charge is 0.323 e. The van der Waals surface area contributed by atoms with E-state index >= 15 is 0 Å². The van der Waals surface area contributed by atoms with Crippen molar-refractivity contribution in [3.63, 3.8) is 0 Å². The summed E-state index contributed by atoms with van der Waals surface area (Å²) < 4.78 is 9.23. The van der Waals surface area contributed by atoms with Gasteiger partial charge in [-0.15, -0.1) is 0 Å². The van der Waals surface area contributed by atoms with Crippen LogP contribution >= 0.6 is 0 Å².